The van der Waals surface area contributed by atoms with E-state index in [1.165, 1.54) is 4.90 Å². The fourth-order valence-corrected chi connectivity index (χ4v) is 4.54. The summed E-state index contributed by atoms with van der Waals surface area (Å²) in [4.78, 5) is 52.4. The number of cyclic esters (lactones) is 1. The minimum absolute atomic E-state index is 0.0968. The Morgan fingerprint density at radius 3 is 2.43 bits per heavy atom. The van der Waals surface area contributed by atoms with Gasteiger partial charge in [-0.2, -0.15) is 0 Å². The zero-order valence-electron chi connectivity index (χ0n) is 20.3. The number of β-lactam (4-membered cyclic amide) rings is 1. The highest BCUT2D eigenvalue weighted by molar-refractivity contribution is 6.06. The van der Waals surface area contributed by atoms with Gasteiger partial charge in [-0.05, 0) is 50.8 Å². The second-order valence-electron chi connectivity index (χ2n) is 10.0. The molecule has 10 nitrogen and oxygen atoms in total. The lowest BCUT2D eigenvalue weighted by molar-refractivity contribution is -0.175. The Morgan fingerprint density at radius 2 is 1.86 bits per heavy atom. The number of esters is 2. The molecule has 3 heterocycles. The number of fused-ring (bicyclic) bond motifs is 1. The van der Waals surface area contributed by atoms with E-state index in [2.05, 4.69) is 0 Å². The van der Waals surface area contributed by atoms with Crippen molar-refractivity contribution in [2.75, 3.05) is 19.9 Å². The van der Waals surface area contributed by atoms with Crippen LogP contribution in [0, 0.1) is 11.3 Å². The number of benzene rings is 1. The average molecular weight is 487 g/mol. The van der Waals surface area contributed by atoms with Gasteiger partial charge in [0.05, 0.1) is 30.0 Å². The molecule has 1 N–H and O–H groups in total. The topological polar surface area (TPSA) is 123 Å². The average Bonchev–Trinajstić information content (AvgIpc) is 3.34. The van der Waals surface area contributed by atoms with Crippen LogP contribution in [0.5, 0.6) is 0 Å². The normalized spacial score (nSPS) is 22.5. The molecule has 0 aliphatic carbocycles. The second-order valence-corrected chi connectivity index (χ2v) is 10.0. The first-order chi connectivity index (χ1) is 16.5. The molecule has 0 bridgehead atoms. The molecule has 0 spiro atoms. The molecule has 0 saturated carbocycles. The molecule has 2 fully saturated rings. The molecule has 10 heteroatoms. The largest absolute Gasteiger partial charge is 0.448 e. The fourth-order valence-electron chi connectivity index (χ4n) is 4.54. The Kier molecular flexibility index (Phi) is 6.59. The first-order valence-electron chi connectivity index (χ1n) is 11.6. The molecule has 1 aromatic rings. The fraction of sp³-hybridized carbons (Fsp3) is 0.520. The Morgan fingerprint density at radius 1 is 1.17 bits per heavy atom. The quantitative estimate of drug-likeness (QED) is 0.353. The van der Waals surface area contributed by atoms with Gasteiger partial charge in [-0.15, -0.1) is 0 Å². The van der Waals surface area contributed by atoms with Gasteiger partial charge in [-0.3, -0.25) is 9.59 Å². The summed E-state index contributed by atoms with van der Waals surface area (Å²) in [5.74, 6) is -2.24. The third-order valence-corrected chi connectivity index (χ3v) is 6.44. The minimum Gasteiger partial charge on any atom is -0.448 e. The number of rotatable bonds is 7. The van der Waals surface area contributed by atoms with E-state index in [9.17, 15) is 24.3 Å². The lowest BCUT2D eigenvalue weighted by Crippen LogP contribution is -2.61. The Bertz CT molecular complexity index is 1070. The van der Waals surface area contributed by atoms with Crippen molar-refractivity contribution >= 4 is 29.5 Å². The Balaban J connectivity index is 1.54. The summed E-state index contributed by atoms with van der Waals surface area (Å²) in [7, 11) is 0. The van der Waals surface area contributed by atoms with Gasteiger partial charge >= 0.3 is 18.0 Å². The Hall–Kier alpha value is -3.40. The van der Waals surface area contributed by atoms with Crippen LogP contribution in [0.3, 0.4) is 0 Å². The standard InChI is InChI=1S/C25H30N2O8/c1-14(28)19-18-11-17(16-7-5-15(6-8-16)12-26-9-10-33-24(26)32)20(27(18)21(19)29)22(30)34-13-35-23(31)25(2,3)4/h5-8,14,18-19,28H,9-13H2,1-4H3/t14-,18-,19-/m1/s1. The molecule has 2 amide bonds. The van der Waals surface area contributed by atoms with E-state index < -0.39 is 36.2 Å². The zero-order chi connectivity index (χ0) is 25.5. The maximum absolute atomic E-state index is 13.0. The number of carbonyl (C=O) groups excluding carboxylic acids is 4. The van der Waals surface area contributed by atoms with Crippen LogP contribution < -0.4 is 0 Å². The monoisotopic (exact) mass is 486 g/mol. The van der Waals surface area contributed by atoms with Crippen molar-refractivity contribution in [1.29, 1.82) is 0 Å². The van der Waals surface area contributed by atoms with Gasteiger partial charge in [0, 0.05) is 6.54 Å². The summed E-state index contributed by atoms with van der Waals surface area (Å²) >= 11 is 0. The second kappa shape index (κ2) is 9.33. The van der Waals surface area contributed by atoms with Gasteiger partial charge in [-0.1, -0.05) is 24.3 Å². The van der Waals surface area contributed by atoms with Gasteiger partial charge in [0.15, 0.2) is 0 Å². The van der Waals surface area contributed by atoms with Crippen LogP contribution in [-0.4, -0.2) is 70.9 Å². The molecule has 35 heavy (non-hydrogen) atoms. The molecular weight excluding hydrogens is 456 g/mol. The third kappa shape index (κ3) is 4.75. The SMILES string of the molecule is C[C@@H](O)[C@H]1C(=O)N2C(C(=O)OCOC(=O)C(C)(C)C)=C(c3ccc(CN4CCOC4=O)cc3)C[C@H]12. The lowest BCUT2D eigenvalue weighted by Gasteiger charge is -2.44. The van der Waals surface area contributed by atoms with E-state index in [1.807, 2.05) is 24.3 Å². The number of hydrogen-bond donors (Lipinski definition) is 1. The van der Waals surface area contributed by atoms with Crippen LogP contribution in [0.1, 0.15) is 45.2 Å². The van der Waals surface area contributed by atoms with Gasteiger partial charge in [-0.25, -0.2) is 9.59 Å². The van der Waals surface area contributed by atoms with Crippen molar-refractivity contribution in [2.24, 2.45) is 11.3 Å². The summed E-state index contributed by atoms with van der Waals surface area (Å²) in [6, 6.07) is 7.01. The van der Waals surface area contributed by atoms with E-state index in [0.29, 0.717) is 31.7 Å². The number of hydrogen-bond acceptors (Lipinski definition) is 8. The number of aliphatic hydroxyl groups is 1. The summed E-state index contributed by atoms with van der Waals surface area (Å²) in [6.45, 7) is 7.35. The first kappa shape index (κ1) is 24.7. The van der Waals surface area contributed by atoms with Crippen LogP contribution in [-0.2, 0) is 35.1 Å². The van der Waals surface area contributed by atoms with Crippen molar-refractivity contribution in [3.05, 3.63) is 41.1 Å². The van der Waals surface area contributed by atoms with E-state index in [4.69, 9.17) is 14.2 Å². The van der Waals surface area contributed by atoms with E-state index in [1.54, 1.807) is 32.6 Å². The maximum atomic E-state index is 13.0. The van der Waals surface area contributed by atoms with Gasteiger partial charge in [0.2, 0.25) is 12.7 Å². The minimum atomic E-state index is -0.851. The molecule has 0 radical (unpaired) electrons. The molecular formula is C25H30N2O8. The van der Waals surface area contributed by atoms with Crippen molar-refractivity contribution < 1.29 is 38.5 Å². The van der Waals surface area contributed by atoms with Crippen LogP contribution in [0.15, 0.2) is 30.0 Å². The lowest BCUT2D eigenvalue weighted by atomic mass is 9.82. The highest BCUT2D eigenvalue weighted by Gasteiger charge is 2.57. The van der Waals surface area contributed by atoms with Gasteiger partial charge in [0.1, 0.15) is 12.3 Å². The molecule has 4 rings (SSSR count). The molecule has 0 unspecified atom stereocenters. The van der Waals surface area contributed by atoms with E-state index in [0.717, 1.165) is 11.1 Å². The van der Waals surface area contributed by atoms with Crippen molar-refractivity contribution in [3.8, 4) is 0 Å². The Labute approximate surface area is 203 Å². The van der Waals surface area contributed by atoms with Crippen molar-refractivity contribution in [2.45, 2.75) is 52.8 Å². The van der Waals surface area contributed by atoms with Gasteiger partial charge in [0.25, 0.3) is 0 Å². The van der Waals surface area contributed by atoms with Gasteiger partial charge < -0.3 is 29.1 Å². The summed E-state index contributed by atoms with van der Waals surface area (Å²) in [6.07, 6.45) is -0.821. The molecule has 188 valence electrons. The molecule has 3 aliphatic rings. The molecule has 1 aromatic carbocycles. The third-order valence-electron chi connectivity index (χ3n) is 6.44. The molecule has 3 atom stereocenters. The number of ether oxygens (including phenoxy) is 3. The first-order valence-corrected chi connectivity index (χ1v) is 11.6. The highest BCUT2D eigenvalue weighted by atomic mass is 16.7. The molecule has 2 saturated heterocycles. The zero-order valence-corrected chi connectivity index (χ0v) is 20.3. The smallest absolute Gasteiger partial charge is 0.410 e. The number of amides is 2. The van der Waals surface area contributed by atoms with E-state index in [-0.39, 0.29) is 23.7 Å². The maximum Gasteiger partial charge on any atom is 0.410 e. The van der Waals surface area contributed by atoms with Crippen LogP contribution in [0.25, 0.3) is 5.57 Å². The van der Waals surface area contributed by atoms with Crippen LogP contribution in [0.2, 0.25) is 0 Å². The number of carbonyl (C=O) groups is 4. The van der Waals surface area contributed by atoms with Crippen LogP contribution >= 0.6 is 0 Å². The van der Waals surface area contributed by atoms with E-state index >= 15 is 0 Å². The molecule has 0 aromatic heterocycles. The molecule has 3 aliphatic heterocycles. The predicted molar refractivity (Wildman–Crippen MR) is 122 cm³/mol. The summed E-state index contributed by atoms with van der Waals surface area (Å²) in [5, 5.41) is 10.1. The van der Waals surface area contributed by atoms with Crippen molar-refractivity contribution in [1.82, 2.24) is 9.80 Å². The van der Waals surface area contributed by atoms with Crippen molar-refractivity contribution in [3.63, 3.8) is 0 Å². The van der Waals surface area contributed by atoms with Crippen LogP contribution in [0.4, 0.5) is 4.79 Å². The number of nitrogens with zero attached hydrogens (tertiary/aromatic N) is 2. The summed E-state index contributed by atoms with van der Waals surface area (Å²) in [5.41, 5.74) is 1.58. The number of aliphatic hydroxyl groups excluding tert-OH is 1. The summed E-state index contributed by atoms with van der Waals surface area (Å²) < 4.78 is 15.2. The highest BCUT2D eigenvalue weighted by Crippen LogP contribution is 2.47. The predicted octanol–water partition coefficient (Wildman–Crippen LogP) is 2.05.